The number of rotatable bonds is 3. The lowest BCUT2D eigenvalue weighted by atomic mass is 10.1. The van der Waals surface area contributed by atoms with Crippen LogP contribution in [0.1, 0.15) is 19.3 Å². The van der Waals surface area contributed by atoms with Gasteiger partial charge in [-0.3, -0.25) is 0 Å². The molecule has 1 heterocycles. The average molecular weight is 349 g/mol. The van der Waals surface area contributed by atoms with E-state index in [0.717, 1.165) is 27.8 Å². The number of ether oxygens (including phenoxy) is 1. The van der Waals surface area contributed by atoms with E-state index in [1.54, 1.807) is 0 Å². The lowest BCUT2D eigenvalue weighted by molar-refractivity contribution is 0.238. The summed E-state index contributed by atoms with van der Waals surface area (Å²) >= 11 is 6.92. The minimum absolute atomic E-state index is 0.504. The largest absolute Gasteiger partial charge is 0.491 e. The molecule has 16 heavy (non-hydrogen) atoms. The van der Waals surface area contributed by atoms with Gasteiger partial charge < -0.3 is 10.1 Å². The zero-order chi connectivity index (χ0) is 11.4. The lowest BCUT2D eigenvalue weighted by Crippen LogP contribution is -2.38. The molecule has 0 radical (unpaired) electrons. The van der Waals surface area contributed by atoms with Gasteiger partial charge in [0.05, 0.1) is 4.47 Å². The van der Waals surface area contributed by atoms with Gasteiger partial charge >= 0.3 is 0 Å². The molecule has 4 heteroatoms. The molecule has 0 bridgehead atoms. The Hall–Kier alpha value is -0.0600. The zero-order valence-corrected chi connectivity index (χ0v) is 12.2. The molecule has 0 amide bonds. The number of nitrogens with one attached hydrogen (secondary N) is 1. The monoisotopic (exact) mass is 347 g/mol. The van der Waals surface area contributed by atoms with Gasteiger partial charge in [0.15, 0.2) is 0 Å². The minimum atomic E-state index is 0.504. The minimum Gasteiger partial charge on any atom is -0.491 e. The second kappa shape index (κ2) is 6.03. The van der Waals surface area contributed by atoms with Crippen molar-refractivity contribution in [2.24, 2.45) is 0 Å². The Labute approximate surface area is 113 Å². The van der Waals surface area contributed by atoms with Crippen molar-refractivity contribution in [2.45, 2.75) is 25.3 Å². The van der Waals surface area contributed by atoms with E-state index in [9.17, 15) is 0 Å². The van der Waals surface area contributed by atoms with Crippen molar-refractivity contribution >= 4 is 31.9 Å². The SMILES string of the molecule is Brc1ccc(OCC2CCCCN2)c(Br)c1. The van der Waals surface area contributed by atoms with Gasteiger partial charge in [-0.05, 0) is 53.5 Å². The quantitative estimate of drug-likeness (QED) is 0.898. The highest BCUT2D eigenvalue weighted by Gasteiger charge is 2.13. The summed E-state index contributed by atoms with van der Waals surface area (Å²) in [5, 5.41) is 3.47. The van der Waals surface area contributed by atoms with E-state index >= 15 is 0 Å². The molecule has 88 valence electrons. The van der Waals surface area contributed by atoms with Crippen LogP contribution in [0.25, 0.3) is 0 Å². The summed E-state index contributed by atoms with van der Waals surface area (Å²) in [7, 11) is 0. The Morgan fingerprint density at radius 3 is 2.88 bits per heavy atom. The second-order valence-corrected chi connectivity index (χ2v) is 5.80. The maximum Gasteiger partial charge on any atom is 0.133 e. The van der Waals surface area contributed by atoms with Gasteiger partial charge in [0, 0.05) is 10.5 Å². The van der Waals surface area contributed by atoms with Crippen LogP contribution in [0.5, 0.6) is 5.75 Å². The van der Waals surface area contributed by atoms with Gasteiger partial charge in [-0.25, -0.2) is 0 Å². The van der Waals surface area contributed by atoms with E-state index < -0.39 is 0 Å². The molecule has 0 spiro atoms. The van der Waals surface area contributed by atoms with Crippen molar-refractivity contribution in [3.63, 3.8) is 0 Å². The normalized spacial score (nSPS) is 20.8. The highest BCUT2D eigenvalue weighted by Crippen LogP contribution is 2.28. The fraction of sp³-hybridized carbons (Fsp3) is 0.500. The van der Waals surface area contributed by atoms with Crippen LogP contribution < -0.4 is 10.1 Å². The number of piperidine rings is 1. The van der Waals surface area contributed by atoms with Crippen molar-refractivity contribution in [3.05, 3.63) is 27.1 Å². The van der Waals surface area contributed by atoms with Gasteiger partial charge in [-0.15, -0.1) is 0 Å². The molecule has 1 fully saturated rings. The Bertz CT molecular complexity index is 351. The first-order valence-corrected chi connectivity index (χ1v) is 7.15. The fourth-order valence-corrected chi connectivity index (χ4v) is 3.01. The van der Waals surface area contributed by atoms with Crippen LogP contribution in [0.2, 0.25) is 0 Å². The standard InChI is InChI=1S/C12H15Br2NO/c13-9-4-5-12(11(14)7-9)16-8-10-3-1-2-6-15-10/h4-5,7,10,15H,1-3,6,8H2. The molecular formula is C12H15Br2NO. The molecule has 1 aromatic rings. The van der Waals surface area contributed by atoms with E-state index in [2.05, 4.69) is 37.2 Å². The van der Waals surface area contributed by atoms with Crippen LogP contribution in [0, 0.1) is 0 Å². The molecular weight excluding hydrogens is 334 g/mol. The van der Waals surface area contributed by atoms with Crippen LogP contribution in [0.3, 0.4) is 0 Å². The molecule has 1 aliphatic heterocycles. The molecule has 0 aromatic heterocycles. The van der Waals surface area contributed by atoms with Crippen LogP contribution in [-0.4, -0.2) is 19.2 Å². The van der Waals surface area contributed by atoms with Crippen molar-refractivity contribution < 1.29 is 4.74 Å². The smallest absolute Gasteiger partial charge is 0.133 e. The first-order valence-electron chi connectivity index (χ1n) is 5.57. The molecule has 1 aromatic carbocycles. The number of hydrogen-bond acceptors (Lipinski definition) is 2. The molecule has 0 aliphatic carbocycles. The van der Waals surface area contributed by atoms with E-state index in [-0.39, 0.29) is 0 Å². The number of hydrogen-bond donors (Lipinski definition) is 1. The molecule has 1 unspecified atom stereocenters. The van der Waals surface area contributed by atoms with Gasteiger partial charge in [0.2, 0.25) is 0 Å². The first kappa shape index (κ1) is 12.4. The van der Waals surface area contributed by atoms with Crippen LogP contribution in [-0.2, 0) is 0 Å². The van der Waals surface area contributed by atoms with Gasteiger partial charge in [-0.2, -0.15) is 0 Å². The predicted octanol–water partition coefficient (Wildman–Crippen LogP) is 3.73. The summed E-state index contributed by atoms with van der Waals surface area (Å²) in [6.07, 6.45) is 3.81. The van der Waals surface area contributed by atoms with Crippen molar-refractivity contribution in [2.75, 3.05) is 13.2 Å². The molecule has 1 N–H and O–H groups in total. The summed E-state index contributed by atoms with van der Waals surface area (Å²) in [6, 6.07) is 6.49. The third kappa shape index (κ3) is 3.47. The molecule has 1 aliphatic rings. The Morgan fingerprint density at radius 1 is 1.31 bits per heavy atom. The third-order valence-corrected chi connectivity index (χ3v) is 3.86. The molecule has 2 nitrogen and oxygen atoms in total. The zero-order valence-electron chi connectivity index (χ0n) is 9.01. The van der Waals surface area contributed by atoms with Crippen LogP contribution >= 0.6 is 31.9 Å². The van der Waals surface area contributed by atoms with E-state index in [1.165, 1.54) is 19.3 Å². The molecule has 2 rings (SSSR count). The average Bonchev–Trinajstić information content (AvgIpc) is 2.29. The van der Waals surface area contributed by atoms with Crippen LogP contribution in [0.4, 0.5) is 0 Å². The summed E-state index contributed by atoms with van der Waals surface area (Å²) in [6.45, 7) is 1.87. The Balaban J connectivity index is 1.88. The Morgan fingerprint density at radius 2 is 2.19 bits per heavy atom. The van der Waals surface area contributed by atoms with Crippen LogP contribution in [0.15, 0.2) is 27.1 Å². The summed E-state index contributed by atoms with van der Waals surface area (Å²) in [5.74, 6) is 0.913. The topological polar surface area (TPSA) is 21.3 Å². The van der Waals surface area contributed by atoms with E-state index in [4.69, 9.17) is 4.74 Å². The Kier molecular flexibility index (Phi) is 4.67. The van der Waals surface area contributed by atoms with Gasteiger partial charge in [0.1, 0.15) is 12.4 Å². The van der Waals surface area contributed by atoms with E-state index in [1.807, 2.05) is 18.2 Å². The van der Waals surface area contributed by atoms with E-state index in [0.29, 0.717) is 6.04 Å². The maximum atomic E-state index is 5.80. The maximum absolute atomic E-state index is 5.80. The number of benzene rings is 1. The highest BCUT2D eigenvalue weighted by atomic mass is 79.9. The third-order valence-electron chi connectivity index (χ3n) is 2.75. The van der Waals surface area contributed by atoms with Gasteiger partial charge in [0.25, 0.3) is 0 Å². The van der Waals surface area contributed by atoms with Crippen molar-refractivity contribution in [1.82, 2.24) is 5.32 Å². The summed E-state index contributed by atoms with van der Waals surface area (Å²) in [4.78, 5) is 0. The second-order valence-electron chi connectivity index (χ2n) is 4.03. The summed E-state index contributed by atoms with van der Waals surface area (Å²) in [5.41, 5.74) is 0. The molecule has 1 atom stereocenters. The fourth-order valence-electron chi connectivity index (χ4n) is 1.85. The van der Waals surface area contributed by atoms with Gasteiger partial charge in [-0.1, -0.05) is 22.4 Å². The van der Waals surface area contributed by atoms with Crippen molar-refractivity contribution in [1.29, 1.82) is 0 Å². The highest BCUT2D eigenvalue weighted by molar-refractivity contribution is 9.11. The first-order chi connectivity index (χ1) is 7.75. The number of halogens is 2. The summed E-state index contributed by atoms with van der Waals surface area (Å²) < 4.78 is 7.86. The molecule has 1 saturated heterocycles. The molecule has 0 saturated carbocycles. The lowest BCUT2D eigenvalue weighted by Gasteiger charge is -2.23. The predicted molar refractivity (Wildman–Crippen MR) is 73.0 cm³/mol. The van der Waals surface area contributed by atoms with Crippen molar-refractivity contribution in [3.8, 4) is 5.75 Å².